The third-order valence-corrected chi connectivity index (χ3v) is 8.82. The predicted octanol–water partition coefficient (Wildman–Crippen LogP) is 5.34. The van der Waals surface area contributed by atoms with Gasteiger partial charge < -0.3 is 15.0 Å². The molecule has 0 heterocycles. The first-order valence-corrected chi connectivity index (χ1v) is 15.9. The van der Waals surface area contributed by atoms with Crippen LogP contribution in [0.4, 0.5) is 14.5 Å². The van der Waals surface area contributed by atoms with Crippen LogP contribution in [-0.4, -0.2) is 50.9 Å². The molecule has 1 N–H and O–H groups in total. The smallest absolute Gasteiger partial charge is 0.264 e. The van der Waals surface area contributed by atoms with Crippen molar-refractivity contribution in [2.24, 2.45) is 0 Å². The number of sulfonamides is 1. The van der Waals surface area contributed by atoms with Crippen LogP contribution < -0.4 is 14.4 Å². The fraction of sp³-hybridized carbons (Fsp3) is 0.235. The van der Waals surface area contributed by atoms with Crippen LogP contribution in [0, 0.1) is 11.6 Å². The van der Waals surface area contributed by atoms with E-state index >= 15 is 0 Å². The number of ether oxygens (including phenoxy) is 1. The summed E-state index contributed by atoms with van der Waals surface area (Å²) in [6, 6.07) is 24.2. The van der Waals surface area contributed by atoms with E-state index in [4.69, 9.17) is 4.74 Å². The van der Waals surface area contributed by atoms with E-state index in [-0.39, 0.29) is 35.7 Å². The van der Waals surface area contributed by atoms with Gasteiger partial charge in [0.25, 0.3) is 10.0 Å². The van der Waals surface area contributed by atoms with Gasteiger partial charge in [0.2, 0.25) is 11.8 Å². The molecule has 0 aliphatic carbocycles. The normalized spacial score (nSPS) is 11.8. The molecule has 0 aliphatic heterocycles. The van der Waals surface area contributed by atoms with E-state index < -0.39 is 46.1 Å². The van der Waals surface area contributed by atoms with Crippen molar-refractivity contribution >= 4 is 27.5 Å². The monoisotopic (exact) mass is 635 g/mol. The molecule has 0 radical (unpaired) electrons. The maximum absolute atomic E-state index is 14.9. The highest BCUT2D eigenvalue weighted by Gasteiger charge is 2.35. The zero-order chi connectivity index (χ0) is 32.4. The van der Waals surface area contributed by atoms with Gasteiger partial charge in [-0.15, -0.1) is 0 Å². The average molecular weight is 636 g/mol. The van der Waals surface area contributed by atoms with E-state index in [9.17, 15) is 26.8 Å². The number of carbonyl (C=O) groups excluding carboxylic acids is 2. The van der Waals surface area contributed by atoms with Crippen molar-refractivity contribution in [3.63, 3.8) is 0 Å². The largest absolute Gasteiger partial charge is 0.494 e. The summed E-state index contributed by atoms with van der Waals surface area (Å²) in [4.78, 5) is 28.8. The fourth-order valence-electron chi connectivity index (χ4n) is 4.79. The number of halogens is 2. The lowest BCUT2D eigenvalue weighted by Gasteiger charge is -2.34. The lowest BCUT2D eigenvalue weighted by Crippen LogP contribution is -2.53. The number of amides is 2. The first-order valence-electron chi connectivity index (χ1n) is 14.5. The summed E-state index contributed by atoms with van der Waals surface area (Å²) < 4.78 is 63.2. The fourth-order valence-corrected chi connectivity index (χ4v) is 6.21. The van der Waals surface area contributed by atoms with E-state index in [1.54, 1.807) is 44.2 Å². The number of benzene rings is 4. The van der Waals surface area contributed by atoms with Crippen molar-refractivity contribution < 1.29 is 31.5 Å². The van der Waals surface area contributed by atoms with Crippen LogP contribution in [0.1, 0.15) is 25.0 Å². The van der Waals surface area contributed by atoms with Crippen LogP contribution in [-0.2, 0) is 32.6 Å². The zero-order valence-electron chi connectivity index (χ0n) is 25.0. The second-order valence-electron chi connectivity index (χ2n) is 10.1. The van der Waals surface area contributed by atoms with E-state index in [2.05, 4.69) is 5.32 Å². The molecule has 0 spiro atoms. The number of hydrogen-bond acceptors (Lipinski definition) is 5. The van der Waals surface area contributed by atoms with E-state index in [1.165, 1.54) is 59.5 Å². The highest BCUT2D eigenvalue weighted by molar-refractivity contribution is 7.92. The second kappa shape index (κ2) is 15.3. The molecule has 0 aromatic heterocycles. The minimum absolute atomic E-state index is 0.0297. The van der Waals surface area contributed by atoms with Gasteiger partial charge in [-0.3, -0.25) is 13.9 Å². The molecule has 236 valence electrons. The molecular weight excluding hydrogens is 600 g/mol. The molecule has 1 unspecified atom stereocenters. The molecule has 0 saturated carbocycles. The molecule has 4 aromatic rings. The molecule has 4 rings (SSSR count). The lowest BCUT2D eigenvalue weighted by molar-refractivity contribution is -0.140. The van der Waals surface area contributed by atoms with Crippen LogP contribution in [0.5, 0.6) is 5.75 Å². The summed E-state index contributed by atoms with van der Waals surface area (Å²) in [5, 5.41) is 2.75. The third-order valence-electron chi connectivity index (χ3n) is 7.04. The van der Waals surface area contributed by atoms with Gasteiger partial charge in [0.1, 0.15) is 30.0 Å². The average Bonchev–Trinajstić information content (AvgIpc) is 3.04. The number of nitrogens with one attached hydrogen (secondary N) is 1. The maximum atomic E-state index is 14.9. The number of likely N-dealkylation sites (N-methyl/N-ethyl adjacent to an activating group) is 1. The Kier molecular flexibility index (Phi) is 11.3. The SMILES string of the molecule is CCNC(=O)C(Cc1ccccc1)N(Cc1ccccc1F)C(=O)CN(c1ccc(F)cc1)S(=O)(=O)c1ccc(OCC)cc1. The molecule has 2 amide bonds. The van der Waals surface area contributed by atoms with Crippen molar-refractivity contribution in [3.05, 3.63) is 126 Å². The quantitative estimate of drug-likeness (QED) is 0.202. The topological polar surface area (TPSA) is 96.0 Å². The zero-order valence-corrected chi connectivity index (χ0v) is 25.8. The molecule has 11 heteroatoms. The Morgan fingerprint density at radius 3 is 2.11 bits per heavy atom. The Labute approximate surface area is 262 Å². The van der Waals surface area contributed by atoms with Gasteiger partial charge in [-0.25, -0.2) is 17.2 Å². The molecule has 4 aromatic carbocycles. The minimum Gasteiger partial charge on any atom is -0.494 e. The van der Waals surface area contributed by atoms with Gasteiger partial charge in [0.05, 0.1) is 17.2 Å². The minimum atomic E-state index is -4.39. The van der Waals surface area contributed by atoms with Crippen LogP contribution in [0.25, 0.3) is 0 Å². The van der Waals surface area contributed by atoms with E-state index in [1.807, 2.05) is 6.07 Å². The Bertz CT molecular complexity index is 1690. The molecular formula is C34H35F2N3O5S. The van der Waals surface area contributed by atoms with Crippen LogP contribution >= 0.6 is 0 Å². The summed E-state index contributed by atoms with van der Waals surface area (Å²) in [7, 11) is -4.39. The summed E-state index contributed by atoms with van der Waals surface area (Å²) in [6.45, 7) is 3.14. The van der Waals surface area contributed by atoms with Crippen molar-refractivity contribution in [1.29, 1.82) is 0 Å². The van der Waals surface area contributed by atoms with Crippen molar-refractivity contribution in [3.8, 4) is 5.75 Å². The van der Waals surface area contributed by atoms with Gasteiger partial charge in [0.15, 0.2) is 0 Å². The summed E-state index contributed by atoms with van der Waals surface area (Å²) in [5.74, 6) is -1.95. The summed E-state index contributed by atoms with van der Waals surface area (Å²) in [5.41, 5.74) is 0.926. The first kappa shape index (κ1) is 33.1. The summed E-state index contributed by atoms with van der Waals surface area (Å²) in [6.07, 6.45) is 0.0923. The van der Waals surface area contributed by atoms with Crippen molar-refractivity contribution in [2.75, 3.05) is 24.0 Å². The maximum Gasteiger partial charge on any atom is 0.264 e. The first-order chi connectivity index (χ1) is 21.6. The molecule has 0 bridgehead atoms. The highest BCUT2D eigenvalue weighted by atomic mass is 32.2. The Balaban J connectivity index is 1.79. The predicted molar refractivity (Wildman–Crippen MR) is 168 cm³/mol. The summed E-state index contributed by atoms with van der Waals surface area (Å²) >= 11 is 0. The second-order valence-corrected chi connectivity index (χ2v) is 12.0. The van der Waals surface area contributed by atoms with E-state index in [0.717, 1.165) is 22.0 Å². The van der Waals surface area contributed by atoms with Crippen LogP contribution in [0.2, 0.25) is 0 Å². The van der Waals surface area contributed by atoms with Crippen molar-refractivity contribution in [1.82, 2.24) is 10.2 Å². The van der Waals surface area contributed by atoms with Gasteiger partial charge in [0, 0.05) is 25.1 Å². The van der Waals surface area contributed by atoms with Gasteiger partial charge >= 0.3 is 0 Å². The molecule has 1 atom stereocenters. The molecule has 0 saturated heterocycles. The van der Waals surface area contributed by atoms with Gasteiger partial charge in [-0.1, -0.05) is 48.5 Å². The Morgan fingerprint density at radius 2 is 1.49 bits per heavy atom. The Morgan fingerprint density at radius 1 is 0.844 bits per heavy atom. The molecule has 0 aliphatic rings. The molecule has 8 nitrogen and oxygen atoms in total. The lowest BCUT2D eigenvalue weighted by atomic mass is 10.0. The molecule has 0 fully saturated rings. The van der Waals surface area contributed by atoms with E-state index in [0.29, 0.717) is 12.4 Å². The highest BCUT2D eigenvalue weighted by Crippen LogP contribution is 2.27. The van der Waals surface area contributed by atoms with Crippen LogP contribution in [0.3, 0.4) is 0 Å². The number of anilines is 1. The number of carbonyl (C=O) groups is 2. The van der Waals surface area contributed by atoms with Gasteiger partial charge in [-0.2, -0.15) is 0 Å². The van der Waals surface area contributed by atoms with Crippen molar-refractivity contribution in [2.45, 2.75) is 37.8 Å². The van der Waals surface area contributed by atoms with Gasteiger partial charge in [-0.05, 0) is 74.0 Å². The number of rotatable bonds is 14. The number of nitrogens with zero attached hydrogens (tertiary/aromatic N) is 2. The third kappa shape index (κ3) is 8.45. The molecule has 45 heavy (non-hydrogen) atoms. The Hall–Kier alpha value is -4.77. The van der Waals surface area contributed by atoms with Crippen LogP contribution in [0.15, 0.2) is 108 Å². The number of hydrogen-bond donors (Lipinski definition) is 1. The standard InChI is InChI=1S/C34H35F2N3O5S/c1-3-37-34(41)32(22-25-10-6-5-7-11-25)38(23-26-12-8-9-13-31(26)36)33(40)24-39(28-16-14-27(35)15-17-28)45(42,43)30-20-18-29(19-21-30)44-4-2/h5-21,32H,3-4,22-24H2,1-2H3,(H,37,41).